The van der Waals surface area contributed by atoms with Gasteiger partial charge in [-0.1, -0.05) is 48.0 Å². The van der Waals surface area contributed by atoms with Gasteiger partial charge in [-0.25, -0.2) is 0 Å². The summed E-state index contributed by atoms with van der Waals surface area (Å²) in [5, 5.41) is 10.1. The van der Waals surface area contributed by atoms with Crippen LogP contribution in [0, 0.1) is 0 Å². The van der Waals surface area contributed by atoms with Crippen LogP contribution in [0.1, 0.15) is 34.9 Å². The minimum Gasteiger partial charge on any atom is -0.481 e. The maximum absolute atomic E-state index is 11.6. The van der Waals surface area contributed by atoms with E-state index in [1.165, 1.54) is 11.1 Å². The number of hydrogen-bond acceptors (Lipinski definition) is 1. The number of aliphatic carboxylic acids is 1. The van der Waals surface area contributed by atoms with Crippen molar-refractivity contribution in [1.82, 2.24) is 0 Å². The Morgan fingerprint density at radius 2 is 2.05 bits per heavy atom. The second-order valence-electron chi connectivity index (χ2n) is 5.28. The number of rotatable bonds is 4. The smallest absolute Gasteiger partial charge is 0.310 e. The molecule has 3 rings (SSSR count). The first-order chi connectivity index (χ1) is 9.65. The molecule has 1 aliphatic carbocycles. The van der Waals surface area contributed by atoms with E-state index >= 15 is 0 Å². The molecule has 0 spiro atoms. The highest BCUT2D eigenvalue weighted by Gasteiger charge is 2.31. The Bertz CT molecular complexity index is 651. The number of benzene rings is 2. The second kappa shape index (κ2) is 5.29. The lowest BCUT2D eigenvalue weighted by Crippen LogP contribution is -2.22. The summed E-state index contributed by atoms with van der Waals surface area (Å²) in [5.41, 5.74) is 3.42. The van der Waals surface area contributed by atoms with Crippen molar-refractivity contribution in [1.29, 1.82) is 0 Å². The molecule has 1 N–H and O–H groups in total. The first-order valence-corrected chi connectivity index (χ1v) is 7.09. The molecule has 2 nitrogen and oxygen atoms in total. The van der Waals surface area contributed by atoms with E-state index in [1.54, 1.807) is 12.1 Å². The average molecular weight is 287 g/mol. The highest BCUT2D eigenvalue weighted by atomic mass is 35.5. The van der Waals surface area contributed by atoms with Gasteiger partial charge >= 0.3 is 5.97 Å². The molecule has 0 saturated heterocycles. The van der Waals surface area contributed by atoms with Crippen LogP contribution >= 0.6 is 11.6 Å². The molecule has 0 fully saturated rings. The Balaban J connectivity index is 1.82. The maximum atomic E-state index is 11.6. The summed E-state index contributed by atoms with van der Waals surface area (Å²) in [6.45, 7) is 0. The van der Waals surface area contributed by atoms with Crippen LogP contribution in [0.2, 0.25) is 5.02 Å². The average Bonchev–Trinajstić information content (AvgIpc) is 2.39. The van der Waals surface area contributed by atoms with Gasteiger partial charge in [0, 0.05) is 5.02 Å². The molecule has 2 aromatic rings. The third-order valence-corrected chi connectivity index (χ3v) is 4.27. The summed E-state index contributed by atoms with van der Waals surface area (Å²) in [7, 11) is 0. The quantitative estimate of drug-likeness (QED) is 0.913. The standard InChI is InChI=1S/C17H15ClO2/c18-14-6-3-5-12(9-14)16(17(19)20)10-13-8-11-4-1-2-7-15(11)13/h1-7,9,13,16H,8,10H2,(H,19,20). The van der Waals surface area contributed by atoms with Gasteiger partial charge in [0.2, 0.25) is 0 Å². The van der Waals surface area contributed by atoms with Gasteiger partial charge in [-0.15, -0.1) is 0 Å². The number of halogens is 1. The molecule has 0 aliphatic heterocycles. The van der Waals surface area contributed by atoms with Gasteiger partial charge in [-0.05, 0) is 47.6 Å². The molecule has 0 saturated carbocycles. The van der Waals surface area contributed by atoms with Crippen LogP contribution in [0.3, 0.4) is 0 Å². The van der Waals surface area contributed by atoms with Crippen LogP contribution in [-0.4, -0.2) is 11.1 Å². The van der Waals surface area contributed by atoms with Crippen molar-refractivity contribution in [2.24, 2.45) is 0 Å². The van der Waals surface area contributed by atoms with Gasteiger partial charge in [-0.3, -0.25) is 4.79 Å². The fourth-order valence-electron chi connectivity index (χ4n) is 2.96. The first-order valence-electron chi connectivity index (χ1n) is 6.71. The van der Waals surface area contributed by atoms with Crippen molar-refractivity contribution in [3.05, 3.63) is 70.2 Å². The van der Waals surface area contributed by atoms with Gasteiger partial charge in [0.15, 0.2) is 0 Å². The second-order valence-corrected chi connectivity index (χ2v) is 5.72. The minimum atomic E-state index is -0.781. The fraction of sp³-hybridized carbons (Fsp3) is 0.235. The molecule has 2 unspecified atom stereocenters. The normalized spacial score (nSPS) is 17.9. The number of carbonyl (C=O) groups is 1. The van der Waals surface area contributed by atoms with E-state index in [9.17, 15) is 9.90 Å². The molecule has 0 aromatic heterocycles. The lowest BCUT2D eigenvalue weighted by atomic mass is 9.72. The zero-order chi connectivity index (χ0) is 14.1. The first kappa shape index (κ1) is 13.2. The highest BCUT2D eigenvalue weighted by molar-refractivity contribution is 6.30. The molecule has 0 bridgehead atoms. The van der Waals surface area contributed by atoms with Gasteiger partial charge in [0.1, 0.15) is 0 Å². The molecule has 0 radical (unpaired) electrons. The van der Waals surface area contributed by atoms with Crippen molar-refractivity contribution >= 4 is 17.6 Å². The largest absolute Gasteiger partial charge is 0.481 e. The summed E-state index contributed by atoms with van der Waals surface area (Å²) >= 11 is 5.97. The summed E-state index contributed by atoms with van der Waals surface area (Å²) in [6.07, 6.45) is 1.60. The molecular formula is C17H15ClO2. The molecule has 1 aliphatic rings. The van der Waals surface area contributed by atoms with Crippen molar-refractivity contribution in [2.75, 3.05) is 0 Å². The summed E-state index contributed by atoms with van der Waals surface area (Å²) in [4.78, 5) is 11.6. The highest BCUT2D eigenvalue weighted by Crippen LogP contribution is 2.41. The molecule has 20 heavy (non-hydrogen) atoms. The van der Waals surface area contributed by atoms with E-state index in [2.05, 4.69) is 12.1 Å². The van der Waals surface area contributed by atoms with Crippen LogP contribution in [0.5, 0.6) is 0 Å². The Hall–Kier alpha value is -1.80. The Morgan fingerprint density at radius 1 is 1.25 bits per heavy atom. The van der Waals surface area contributed by atoms with Gasteiger partial charge in [0.05, 0.1) is 5.92 Å². The summed E-state index contributed by atoms with van der Waals surface area (Å²) < 4.78 is 0. The molecule has 3 heteroatoms. The Morgan fingerprint density at radius 3 is 2.75 bits per heavy atom. The van der Waals surface area contributed by atoms with Crippen LogP contribution < -0.4 is 0 Å². The van der Waals surface area contributed by atoms with Crippen LogP contribution in [-0.2, 0) is 11.2 Å². The maximum Gasteiger partial charge on any atom is 0.310 e. The SMILES string of the molecule is O=C(O)C(CC1Cc2ccccc21)c1cccc(Cl)c1. The van der Waals surface area contributed by atoms with Crippen LogP contribution in [0.15, 0.2) is 48.5 Å². The molecular weight excluding hydrogens is 272 g/mol. The Kier molecular flexibility index (Phi) is 3.49. The number of fused-ring (bicyclic) bond motifs is 1. The topological polar surface area (TPSA) is 37.3 Å². The molecule has 2 atom stereocenters. The molecule has 0 amide bonds. The van der Waals surface area contributed by atoms with E-state index in [1.807, 2.05) is 24.3 Å². The Labute approximate surface area is 123 Å². The van der Waals surface area contributed by atoms with E-state index in [4.69, 9.17) is 11.6 Å². The minimum absolute atomic E-state index is 0.339. The zero-order valence-corrected chi connectivity index (χ0v) is 11.7. The van der Waals surface area contributed by atoms with Gasteiger partial charge in [0.25, 0.3) is 0 Å². The zero-order valence-electron chi connectivity index (χ0n) is 10.9. The summed E-state index contributed by atoms with van der Waals surface area (Å²) in [6, 6.07) is 15.4. The van der Waals surface area contributed by atoms with Crippen molar-refractivity contribution in [3.63, 3.8) is 0 Å². The number of carboxylic acids is 1. The molecule has 0 heterocycles. The van der Waals surface area contributed by atoms with Crippen LogP contribution in [0.4, 0.5) is 0 Å². The number of carboxylic acid groups (broad SMARTS) is 1. The fourth-order valence-corrected chi connectivity index (χ4v) is 3.16. The van der Waals surface area contributed by atoms with Gasteiger partial charge < -0.3 is 5.11 Å². The monoisotopic (exact) mass is 286 g/mol. The van der Waals surface area contributed by atoms with Crippen molar-refractivity contribution in [3.8, 4) is 0 Å². The van der Waals surface area contributed by atoms with Gasteiger partial charge in [-0.2, -0.15) is 0 Å². The van der Waals surface area contributed by atoms with E-state index in [0.717, 1.165) is 12.0 Å². The van der Waals surface area contributed by atoms with E-state index in [0.29, 0.717) is 17.4 Å². The molecule has 2 aromatic carbocycles. The van der Waals surface area contributed by atoms with E-state index in [-0.39, 0.29) is 0 Å². The summed E-state index contributed by atoms with van der Waals surface area (Å²) in [5.74, 6) is -0.935. The predicted octanol–water partition coefficient (Wildman–Crippen LogP) is 4.24. The number of hydrogen-bond donors (Lipinski definition) is 1. The third kappa shape index (κ3) is 2.44. The lowest BCUT2D eigenvalue weighted by Gasteiger charge is -2.32. The van der Waals surface area contributed by atoms with Crippen LogP contribution in [0.25, 0.3) is 0 Å². The lowest BCUT2D eigenvalue weighted by molar-refractivity contribution is -0.139. The van der Waals surface area contributed by atoms with Crippen molar-refractivity contribution in [2.45, 2.75) is 24.7 Å². The van der Waals surface area contributed by atoms with E-state index < -0.39 is 11.9 Å². The molecule has 102 valence electrons. The van der Waals surface area contributed by atoms with Crippen molar-refractivity contribution < 1.29 is 9.90 Å². The third-order valence-electron chi connectivity index (χ3n) is 4.03. The predicted molar refractivity (Wildman–Crippen MR) is 79.3 cm³/mol.